The lowest BCUT2D eigenvalue weighted by atomic mass is 9.66. The number of carboxylic acids is 1. The second kappa shape index (κ2) is 6.51. The summed E-state index contributed by atoms with van der Waals surface area (Å²) < 4.78 is 0. The molecule has 1 fully saturated rings. The number of nitrogens with zero attached hydrogens (tertiary/aromatic N) is 2. The minimum Gasteiger partial charge on any atom is -0.481 e. The second-order valence-corrected chi connectivity index (χ2v) is 5.56. The molecule has 0 unspecified atom stereocenters. The summed E-state index contributed by atoms with van der Waals surface area (Å²) in [4.78, 5) is 30.8. The van der Waals surface area contributed by atoms with Gasteiger partial charge in [0, 0.05) is 12.7 Å². The maximum absolute atomic E-state index is 11.8. The first-order chi connectivity index (χ1) is 9.99. The highest BCUT2D eigenvalue weighted by molar-refractivity contribution is 5.74. The molecule has 0 aromatic carbocycles. The topological polar surface area (TPSA) is 104 Å². The molecule has 3 N–H and O–H groups in total. The standard InChI is InChI=1S/C14H20N4O3/c1-10-15-6-3-11(18-10)8-16-13(21)17-9-14(4-2-5-14)7-12(19)20/h3,6H,2,4-5,7-9H2,1H3,(H,19,20)(H2,16,17,21). The van der Waals surface area contributed by atoms with Crippen molar-refractivity contribution in [3.63, 3.8) is 0 Å². The summed E-state index contributed by atoms with van der Waals surface area (Å²) in [6.07, 6.45) is 4.48. The van der Waals surface area contributed by atoms with Crippen molar-refractivity contribution in [1.82, 2.24) is 20.6 Å². The Morgan fingerprint density at radius 3 is 2.71 bits per heavy atom. The van der Waals surface area contributed by atoms with E-state index in [1.54, 1.807) is 19.2 Å². The molecule has 1 aliphatic carbocycles. The Labute approximate surface area is 123 Å². The number of nitrogens with one attached hydrogen (secondary N) is 2. The van der Waals surface area contributed by atoms with E-state index >= 15 is 0 Å². The van der Waals surface area contributed by atoms with Crippen LogP contribution in [0.1, 0.15) is 37.2 Å². The van der Waals surface area contributed by atoms with Crippen LogP contribution in [0.4, 0.5) is 4.79 Å². The second-order valence-electron chi connectivity index (χ2n) is 5.56. The average molecular weight is 292 g/mol. The Morgan fingerprint density at radius 2 is 2.14 bits per heavy atom. The fourth-order valence-corrected chi connectivity index (χ4v) is 2.52. The highest BCUT2D eigenvalue weighted by atomic mass is 16.4. The molecule has 0 atom stereocenters. The highest BCUT2D eigenvalue weighted by Crippen LogP contribution is 2.43. The van der Waals surface area contributed by atoms with E-state index in [1.165, 1.54) is 0 Å². The summed E-state index contributed by atoms with van der Waals surface area (Å²) in [5.74, 6) is -0.155. The lowest BCUT2D eigenvalue weighted by Gasteiger charge is -2.40. The minimum atomic E-state index is -0.812. The SMILES string of the molecule is Cc1nccc(CNC(=O)NCC2(CC(=O)O)CCC2)n1. The van der Waals surface area contributed by atoms with Gasteiger partial charge in [0.05, 0.1) is 18.7 Å². The van der Waals surface area contributed by atoms with Crippen LogP contribution < -0.4 is 10.6 Å². The lowest BCUT2D eigenvalue weighted by molar-refractivity contribution is -0.141. The van der Waals surface area contributed by atoms with Crippen LogP contribution in [0.3, 0.4) is 0 Å². The van der Waals surface area contributed by atoms with E-state index in [2.05, 4.69) is 20.6 Å². The highest BCUT2D eigenvalue weighted by Gasteiger charge is 2.39. The predicted octanol–water partition coefficient (Wildman–Crippen LogP) is 1.23. The first-order valence-electron chi connectivity index (χ1n) is 7.01. The summed E-state index contributed by atoms with van der Waals surface area (Å²) in [6, 6.07) is 1.44. The van der Waals surface area contributed by atoms with Crippen molar-refractivity contribution >= 4 is 12.0 Å². The minimum absolute atomic E-state index is 0.110. The number of aromatic nitrogens is 2. The molecule has 2 amide bonds. The Hall–Kier alpha value is -2.18. The summed E-state index contributed by atoms with van der Waals surface area (Å²) >= 11 is 0. The van der Waals surface area contributed by atoms with Crippen LogP contribution in [0.15, 0.2) is 12.3 Å². The quantitative estimate of drug-likeness (QED) is 0.731. The maximum Gasteiger partial charge on any atom is 0.315 e. The number of urea groups is 1. The van der Waals surface area contributed by atoms with Gasteiger partial charge in [-0.3, -0.25) is 4.79 Å². The van der Waals surface area contributed by atoms with E-state index in [1.807, 2.05) is 0 Å². The number of hydrogen-bond acceptors (Lipinski definition) is 4. The van der Waals surface area contributed by atoms with Gasteiger partial charge in [-0.25, -0.2) is 14.8 Å². The normalized spacial score (nSPS) is 15.9. The Bertz CT molecular complexity index is 529. The Morgan fingerprint density at radius 1 is 1.38 bits per heavy atom. The van der Waals surface area contributed by atoms with Crippen molar-refractivity contribution in [3.8, 4) is 0 Å². The van der Waals surface area contributed by atoms with Crippen molar-refractivity contribution in [2.45, 2.75) is 39.2 Å². The first-order valence-corrected chi connectivity index (χ1v) is 7.01. The summed E-state index contributed by atoms with van der Waals surface area (Å²) in [6.45, 7) is 2.50. The molecular weight excluding hydrogens is 272 g/mol. The van der Waals surface area contributed by atoms with Crippen molar-refractivity contribution < 1.29 is 14.7 Å². The summed E-state index contributed by atoms with van der Waals surface area (Å²) in [5.41, 5.74) is 0.468. The van der Waals surface area contributed by atoms with Crippen molar-refractivity contribution in [2.24, 2.45) is 5.41 Å². The number of carbonyl (C=O) groups is 2. The van der Waals surface area contributed by atoms with Crippen LogP contribution in [0, 0.1) is 12.3 Å². The van der Waals surface area contributed by atoms with Gasteiger partial charge in [0.15, 0.2) is 0 Å². The lowest BCUT2D eigenvalue weighted by Crippen LogP contribution is -2.46. The molecule has 21 heavy (non-hydrogen) atoms. The Balaban J connectivity index is 1.76. The van der Waals surface area contributed by atoms with Gasteiger partial charge < -0.3 is 15.7 Å². The number of hydrogen-bond donors (Lipinski definition) is 3. The average Bonchev–Trinajstić information content (AvgIpc) is 2.39. The van der Waals surface area contributed by atoms with Crippen molar-refractivity contribution in [1.29, 1.82) is 0 Å². The number of aliphatic carboxylic acids is 1. The van der Waals surface area contributed by atoms with E-state index < -0.39 is 5.97 Å². The fourth-order valence-electron chi connectivity index (χ4n) is 2.52. The summed E-state index contributed by atoms with van der Waals surface area (Å²) in [5, 5.41) is 14.4. The smallest absolute Gasteiger partial charge is 0.315 e. The molecule has 114 valence electrons. The zero-order valence-corrected chi connectivity index (χ0v) is 12.1. The van der Waals surface area contributed by atoms with Crippen LogP contribution in [0.5, 0.6) is 0 Å². The predicted molar refractivity (Wildman–Crippen MR) is 75.5 cm³/mol. The number of carbonyl (C=O) groups excluding carboxylic acids is 1. The molecular formula is C14H20N4O3. The molecule has 1 heterocycles. The Kier molecular flexibility index (Phi) is 4.72. The largest absolute Gasteiger partial charge is 0.481 e. The molecule has 1 aromatic heterocycles. The third kappa shape index (κ3) is 4.40. The van der Waals surface area contributed by atoms with Gasteiger partial charge in [0.1, 0.15) is 5.82 Å². The molecule has 2 rings (SSSR count). The fraction of sp³-hybridized carbons (Fsp3) is 0.571. The van der Waals surface area contributed by atoms with Crippen LogP contribution in [-0.2, 0) is 11.3 Å². The molecule has 0 saturated heterocycles. The van der Waals surface area contributed by atoms with Gasteiger partial charge in [-0.15, -0.1) is 0 Å². The number of rotatable bonds is 6. The molecule has 7 nitrogen and oxygen atoms in total. The zero-order chi connectivity index (χ0) is 15.3. The van der Waals surface area contributed by atoms with E-state index in [0.717, 1.165) is 25.0 Å². The number of carboxylic acid groups (broad SMARTS) is 1. The van der Waals surface area contributed by atoms with Gasteiger partial charge >= 0.3 is 12.0 Å². The molecule has 1 aromatic rings. The monoisotopic (exact) mass is 292 g/mol. The third-order valence-corrected chi connectivity index (χ3v) is 3.83. The van der Waals surface area contributed by atoms with E-state index in [-0.39, 0.29) is 17.9 Å². The van der Waals surface area contributed by atoms with Gasteiger partial charge in [-0.2, -0.15) is 0 Å². The van der Waals surface area contributed by atoms with Crippen LogP contribution >= 0.6 is 0 Å². The third-order valence-electron chi connectivity index (χ3n) is 3.83. The molecule has 0 spiro atoms. The number of amides is 2. The first kappa shape index (κ1) is 15.2. The van der Waals surface area contributed by atoms with Crippen molar-refractivity contribution in [2.75, 3.05) is 6.54 Å². The van der Waals surface area contributed by atoms with Crippen LogP contribution in [-0.4, -0.2) is 33.6 Å². The van der Waals surface area contributed by atoms with E-state index in [4.69, 9.17) is 5.11 Å². The molecule has 1 aliphatic rings. The molecule has 1 saturated carbocycles. The van der Waals surface area contributed by atoms with Crippen molar-refractivity contribution in [3.05, 3.63) is 23.8 Å². The van der Waals surface area contributed by atoms with Crippen LogP contribution in [0.2, 0.25) is 0 Å². The van der Waals surface area contributed by atoms with E-state index in [9.17, 15) is 9.59 Å². The van der Waals surface area contributed by atoms with Crippen LogP contribution in [0.25, 0.3) is 0 Å². The molecule has 0 radical (unpaired) electrons. The van der Waals surface area contributed by atoms with Gasteiger partial charge in [0.25, 0.3) is 0 Å². The maximum atomic E-state index is 11.8. The van der Waals surface area contributed by atoms with Gasteiger partial charge in [0.2, 0.25) is 0 Å². The summed E-state index contributed by atoms with van der Waals surface area (Å²) in [7, 11) is 0. The zero-order valence-electron chi connectivity index (χ0n) is 12.1. The molecule has 0 aliphatic heterocycles. The molecule has 0 bridgehead atoms. The van der Waals surface area contributed by atoms with Gasteiger partial charge in [-0.1, -0.05) is 6.42 Å². The van der Waals surface area contributed by atoms with E-state index in [0.29, 0.717) is 18.9 Å². The van der Waals surface area contributed by atoms with Gasteiger partial charge in [-0.05, 0) is 31.2 Å². The number of aryl methyl sites for hydroxylation is 1. The molecule has 7 heteroatoms.